The Bertz CT molecular complexity index is 544. The fraction of sp³-hybridized carbons (Fsp3) is 0.368. The number of nitrogens with zero attached hydrogens (tertiary/aromatic N) is 1. The zero-order chi connectivity index (χ0) is 14.8. The molecule has 2 aromatic rings. The predicted octanol–water partition coefficient (Wildman–Crippen LogP) is 5.31. The molecule has 0 saturated carbocycles. The highest BCUT2D eigenvalue weighted by atomic mass is 15.1. The van der Waals surface area contributed by atoms with Gasteiger partial charge in [-0.05, 0) is 47.2 Å². The average molecular weight is 267 g/mol. The van der Waals surface area contributed by atoms with E-state index in [2.05, 4.69) is 88.2 Å². The van der Waals surface area contributed by atoms with Crippen LogP contribution in [0.1, 0.15) is 38.8 Å². The summed E-state index contributed by atoms with van der Waals surface area (Å²) in [6.07, 6.45) is 1.09. The summed E-state index contributed by atoms with van der Waals surface area (Å²) in [6, 6.07) is 17.7. The van der Waals surface area contributed by atoms with E-state index in [9.17, 15) is 0 Å². The number of anilines is 2. The normalized spacial score (nSPS) is 11.4. The highest BCUT2D eigenvalue weighted by molar-refractivity contribution is 5.63. The third-order valence-electron chi connectivity index (χ3n) is 3.85. The highest BCUT2D eigenvalue weighted by Crippen LogP contribution is 2.28. The standard InChI is InChI=1S/C19H25N/c1-6-15-7-11-17(12-8-15)20(5)18-13-9-16(10-14-18)19(2,3)4/h7-14H,6H2,1-5H3. The largest absolute Gasteiger partial charge is 0.345 e. The van der Waals surface area contributed by atoms with Crippen LogP contribution in [0.25, 0.3) is 0 Å². The van der Waals surface area contributed by atoms with E-state index < -0.39 is 0 Å². The van der Waals surface area contributed by atoms with Crippen LogP contribution in [0.4, 0.5) is 11.4 Å². The van der Waals surface area contributed by atoms with Crippen molar-refractivity contribution in [2.75, 3.05) is 11.9 Å². The molecule has 0 N–H and O–H groups in total. The van der Waals surface area contributed by atoms with E-state index >= 15 is 0 Å². The van der Waals surface area contributed by atoms with Gasteiger partial charge < -0.3 is 4.90 Å². The van der Waals surface area contributed by atoms with Crippen LogP contribution in [0.3, 0.4) is 0 Å². The van der Waals surface area contributed by atoms with Gasteiger partial charge in [-0.15, -0.1) is 0 Å². The van der Waals surface area contributed by atoms with Crippen LogP contribution in [-0.4, -0.2) is 7.05 Å². The van der Waals surface area contributed by atoms with E-state index in [-0.39, 0.29) is 5.41 Å². The summed E-state index contributed by atoms with van der Waals surface area (Å²) < 4.78 is 0. The summed E-state index contributed by atoms with van der Waals surface area (Å²) in [5.41, 5.74) is 5.41. The molecule has 0 aliphatic carbocycles. The van der Waals surface area contributed by atoms with Crippen LogP contribution in [0.2, 0.25) is 0 Å². The van der Waals surface area contributed by atoms with E-state index in [1.807, 2.05) is 0 Å². The first-order chi connectivity index (χ1) is 9.41. The van der Waals surface area contributed by atoms with Gasteiger partial charge in [0.05, 0.1) is 0 Å². The lowest BCUT2D eigenvalue weighted by Gasteiger charge is -2.23. The van der Waals surface area contributed by atoms with Crippen molar-refractivity contribution in [1.29, 1.82) is 0 Å². The quantitative estimate of drug-likeness (QED) is 0.728. The second-order valence-corrected chi connectivity index (χ2v) is 6.38. The lowest BCUT2D eigenvalue weighted by Crippen LogP contribution is -2.13. The number of hydrogen-bond acceptors (Lipinski definition) is 1. The van der Waals surface area contributed by atoms with Crippen molar-refractivity contribution in [3.8, 4) is 0 Å². The SMILES string of the molecule is CCc1ccc(N(C)c2ccc(C(C)(C)C)cc2)cc1. The Labute approximate surface area is 123 Å². The minimum atomic E-state index is 0.208. The lowest BCUT2D eigenvalue weighted by molar-refractivity contribution is 0.590. The molecule has 0 heterocycles. The molecule has 2 aromatic carbocycles. The Balaban J connectivity index is 2.22. The van der Waals surface area contributed by atoms with Crippen molar-refractivity contribution in [2.45, 2.75) is 39.5 Å². The van der Waals surface area contributed by atoms with Crippen LogP contribution >= 0.6 is 0 Å². The van der Waals surface area contributed by atoms with E-state index in [4.69, 9.17) is 0 Å². The molecule has 0 amide bonds. The molecule has 0 unspecified atom stereocenters. The zero-order valence-corrected chi connectivity index (χ0v) is 13.3. The van der Waals surface area contributed by atoms with Crippen molar-refractivity contribution in [2.24, 2.45) is 0 Å². The first-order valence-electron chi connectivity index (χ1n) is 7.35. The maximum Gasteiger partial charge on any atom is 0.0408 e. The predicted molar refractivity (Wildman–Crippen MR) is 89.0 cm³/mol. The molecule has 0 fully saturated rings. The van der Waals surface area contributed by atoms with Crippen LogP contribution in [0.5, 0.6) is 0 Å². The maximum atomic E-state index is 2.25. The van der Waals surface area contributed by atoms with Crippen molar-refractivity contribution >= 4 is 11.4 Å². The molecule has 1 nitrogen and oxygen atoms in total. The van der Waals surface area contributed by atoms with Crippen LogP contribution in [0.15, 0.2) is 48.5 Å². The molecule has 0 radical (unpaired) electrons. The second kappa shape index (κ2) is 5.70. The van der Waals surface area contributed by atoms with Gasteiger partial charge in [-0.2, -0.15) is 0 Å². The molecule has 0 atom stereocenters. The van der Waals surface area contributed by atoms with Gasteiger partial charge in [-0.3, -0.25) is 0 Å². The first kappa shape index (κ1) is 14.6. The summed E-state index contributed by atoms with van der Waals surface area (Å²) in [4.78, 5) is 2.23. The molecule has 0 spiro atoms. The van der Waals surface area contributed by atoms with Gasteiger partial charge in [-0.1, -0.05) is 52.0 Å². The average Bonchev–Trinajstić information content (AvgIpc) is 2.46. The van der Waals surface area contributed by atoms with Crippen LogP contribution in [-0.2, 0) is 11.8 Å². The van der Waals surface area contributed by atoms with Gasteiger partial charge in [0.1, 0.15) is 0 Å². The number of benzene rings is 2. The van der Waals surface area contributed by atoms with E-state index in [1.54, 1.807) is 0 Å². The van der Waals surface area contributed by atoms with Crippen LogP contribution < -0.4 is 4.90 Å². The Morgan fingerprint density at radius 2 is 1.25 bits per heavy atom. The Hall–Kier alpha value is -1.76. The number of rotatable bonds is 3. The van der Waals surface area contributed by atoms with Crippen molar-refractivity contribution < 1.29 is 0 Å². The van der Waals surface area contributed by atoms with Crippen molar-refractivity contribution in [1.82, 2.24) is 0 Å². The summed E-state index contributed by atoms with van der Waals surface area (Å²) in [7, 11) is 2.12. The topological polar surface area (TPSA) is 3.24 Å². The van der Waals surface area contributed by atoms with E-state index in [0.29, 0.717) is 0 Å². The third-order valence-corrected chi connectivity index (χ3v) is 3.85. The Morgan fingerprint density at radius 1 is 0.800 bits per heavy atom. The van der Waals surface area contributed by atoms with Gasteiger partial charge in [0.25, 0.3) is 0 Å². The summed E-state index contributed by atoms with van der Waals surface area (Å²) in [5, 5.41) is 0. The van der Waals surface area contributed by atoms with Gasteiger partial charge in [0.2, 0.25) is 0 Å². The van der Waals surface area contributed by atoms with Gasteiger partial charge in [0, 0.05) is 18.4 Å². The maximum absolute atomic E-state index is 2.25. The molecule has 0 aliphatic heterocycles. The molecule has 0 saturated heterocycles. The Kier molecular flexibility index (Phi) is 4.17. The Morgan fingerprint density at radius 3 is 1.65 bits per heavy atom. The van der Waals surface area contributed by atoms with Gasteiger partial charge in [0.15, 0.2) is 0 Å². The molecule has 0 aliphatic rings. The number of hydrogen-bond donors (Lipinski definition) is 0. The fourth-order valence-corrected chi connectivity index (χ4v) is 2.29. The molecule has 1 heteroatoms. The monoisotopic (exact) mass is 267 g/mol. The smallest absolute Gasteiger partial charge is 0.0408 e. The van der Waals surface area contributed by atoms with Crippen molar-refractivity contribution in [3.05, 3.63) is 59.7 Å². The number of aryl methyl sites for hydroxylation is 1. The lowest BCUT2D eigenvalue weighted by atomic mass is 9.87. The molecule has 2 rings (SSSR count). The minimum Gasteiger partial charge on any atom is -0.345 e. The molecule has 20 heavy (non-hydrogen) atoms. The van der Waals surface area contributed by atoms with Gasteiger partial charge in [-0.25, -0.2) is 0 Å². The molecule has 0 aromatic heterocycles. The summed E-state index contributed by atoms with van der Waals surface area (Å²) in [6.45, 7) is 8.92. The zero-order valence-electron chi connectivity index (χ0n) is 13.3. The molecular formula is C19H25N. The van der Waals surface area contributed by atoms with Crippen LogP contribution in [0, 0.1) is 0 Å². The minimum absolute atomic E-state index is 0.208. The fourth-order valence-electron chi connectivity index (χ4n) is 2.29. The second-order valence-electron chi connectivity index (χ2n) is 6.38. The van der Waals surface area contributed by atoms with E-state index in [1.165, 1.54) is 22.5 Å². The third kappa shape index (κ3) is 3.22. The molecular weight excluding hydrogens is 242 g/mol. The summed E-state index contributed by atoms with van der Waals surface area (Å²) >= 11 is 0. The van der Waals surface area contributed by atoms with Crippen molar-refractivity contribution in [3.63, 3.8) is 0 Å². The molecule has 0 bridgehead atoms. The highest BCUT2D eigenvalue weighted by Gasteiger charge is 2.13. The molecule has 106 valence electrons. The van der Waals surface area contributed by atoms with E-state index in [0.717, 1.165) is 6.42 Å². The first-order valence-corrected chi connectivity index (χ1v) is 7.35. The summed E-state index contributed by atoms with van der Waals surface area (Å²) in [5.74, 6) is 0. The van der Waals surface area contributed by atoms with Gasteiger partial charge >= 0.3 is 0 Å².